The summed E-state index contributed by atoms with van der Waals surface area (Å²) >= 11 is 0. The number of hydrogen-bond acceptors (Lipinski definition) is 6. The van der Waals surface area contributed by atoms with Crippen LogP contribution in [0.25, 0.3) is 0 Å². The first-order chi connectivity index (χ1) is 13.2. The molecule has 0 bridgehead atoms. The number of piperidine rings is 1. The molecule has 4 rings (SSSR count). The molecule has 2 aromatic heterocycles. The van der Waals surface area contributed by atoms with Crippen LogP contribution in [0.15, 0.2) is 24.7 Å². The molecule has 0 saturated carbocycles. The molecule has 27 heavy (non-hydrogen) atoms. The Bertz CT molecular complexity index is 752. The molecule has 2 aliphatic rings. The van der Waals surface area contributed by atoms with Crippen molar-refractivity contribution in [2.45, 2.75) is 25.8 Å². The first-order valence-electron chi connectivity index (χ1n) is 9.54. The van der Waals surface area contributed by atoms with Crippen molar-refractivity contribution in [3.63, 3.8) is 0 Å². The molecule has 2 saturated heterocycles. The number of rotatable bonds is 4. The van der Waals surface area contributed by atoms with Crippen LogP contribution in [0.3, 0.4) is 0 Å². The zero-order valence-electron chi connectivity index (χ0n) is 15.3. The van der Waals surface area contributed by atoms with Gasteiger partial charge >= 0.3 is 0 Å². The van der Waals surface area contributed by atoms with Crippen molar-refractivity contribution in [2.75, 3.05) is 49.1 Å². The minimum Gasteiger partial charge on any atom is -0.356 e. The van der Waals surface area contributed by atoms with Gasteiger partial charge in [-0.2, -0.15) is 4.98 Å². The van der Waals surface area contributed by atoms with Crippen LogP contribution in [0.1, 0.15) is 24.8 Å². The monoisotopic (exact) mass is 374 g/mol. The average Bonchev–Trinajstić information content (AvgIpc) is 2.72. The van der Waals surface area contributed by atoms with Gasteiger partial charge in [0.2, 0.25) is 5.95 Å². The highest BCUT2D eigenvalue weighted by atomic mass is 19.1. The minimum absolute atomic E-state index is 0.0850. The minimum atomic E-state index is -0.588. The third kappa shape index (κ3) is 4.16. The highest BCUT2D eigenvalue weighted by Crippen LogP contribution is 2.21. The van der Waals surface area contributed by atoms with Crippen LogP contribution in [-0.2, 0) is 6.54 Å². The fourth-order valence-corrected chi connectivity index (χ4v) is 3.71. The zero-order valence-corrected chi connectivity index (χ0v) is 15.3. The Morgan fingerprint density at radius 3 is 2.26 bits per heavy atom. The van der Waals surface area contributed by atoms with Gasteiger partial charge in [-0.15, -0.1) is 0 Å². The van der Waals surface area contributed by atoms with Crippen molar-refractivity contribution < 1.29 is 8.78 Å². The van der Waals surface area contributed by atoms with Gasteiger partial charge in [0, 0.05) is 57.6 Å². The lowest BCUT2D eigenvalue weighted by atomic mass is 10.1. The van der Waals surface area contributed by atoms with Crippen LogP contribution in [0.4, 0.5) is 20.5 Å². The third-order valence-electron chi connectivity index (χ3n) is 5.30. The summed E-state index contributed by atoms with van der Waals surface area (Å²) < 4.78 is 27.6. The van der Waals surface area contributed by atoms with Crippen molar-refractivity contribution in [1.29, 1.82) is 0 Å². The van der Waals surface area contributed by atoms with E-state index in [-0.39, 0.29) is 12.1 Å². The van der Waals surface area contributed by atoms with Gasteiger partial charge in [0.15, 0.2) is 0 Å². The number of hydrogen-bond donors (Lipinski definition) is 0. The summed E-state index contributed by atoms with van der Waals surface area (Å²) in [6.45, 7) is 5.23. The lowest BCUT2D eigenvalue weighted by molar-refractivity contribution is 0.241. The van der Waals surface area contributed by atoms with E-state index in [0.29, 0.717) is 13.1 Å². The number of piperazine rings is 1. The molecule has 8 heteroatoms. The van der Waals surface area contributed by atoms with E-state index in [0.717, 1.165) is 50.3 Å². The molecule has 0 unspecified atom stereocenters. The lowest BCUT2D eigenvalue weighted by Crippen LogP contribution is -2.46. The molecule has 0 radical (unpaired) electrons. The molecule has 2 fully saturated rings. The van der Waals surface area contributed by atoms with Crippen molar-refractivity contribution in [3.05, 3.63) is 41.9 Å². The van der Waals surface area contributed by atoms with Crippen LogP contribution >= 0.6 is 0 Å². The summed E-state index contributed by atoms with van der Waals surface area (Å²) in [4.78, 5) is 19.2. The second-order valence-electron chi connectivity index (χ2n) is 7.11. The molecule has 0 aliphatic carbocycles. The predicted octanol–water partition coefficient (Wildman–Crippen LogP) is 2.46. The van der Waals surface area contributed by atoms with E-state index in [1.807, 2.05) is 17.2 Å². The molecule has 0 atom stereocenters. The van der Waals surface area contributed by atoms with Crippen molar-refractivity contribution in [3.8, 4) is 0 Å². The summed E-state index contributed by atoms with van der Waals surface area (Å²) in [5.74, 6) is 0.548. The Hall–Kier alpha value is -2.35. The standard InChI is InChI=1S/C19H24F2N6/c20-16-12-22-13-17(21)15(16)14-25-8-10-27(11-9-25)19-23-5-4-18(24-19)26-6-2-1-3-7-26/h4-5,12-13H,1-3,6-11,14H2. The largest absolute Gasteiger partial charge is 0.356 e. The second-order valence-corrected chi connectivity index (χ2v) is 7.11. The maximum Gasteiger partial charge on any atom is 0.227 e. The smallest absolute Gasteiger partial charge is 0.227 e. The van der Waals surface area contributed by atoms with Gasteiger partial charge < -0.3 is 9.80 Å². The van der Waals surface area contributed by atoms with Gasteiger partial charge in [0.05, 0.1) is 12.4 Å². The first kappa shape index (κ1) is 18.0. The highest BCUT2D eigenvalue weighted by Gasteiger charge is 2.22. The van der Waals surface area contributed by atoms with Crippen LogP contribution in [0, 0.1) is 11.6 Å². The molecule has 0 N–H and O–H groups in total. The Balaban J connectivity index is 1.38. The molecule has 6 nitrogen and oxygen atoms in total. The summed E-state index contributed by atoms with van der Waals surface area (Å²) in [6, 6.07) is 1.97. The van der Waals surface area contributed by atoms with Crippen LogP contribution < -0.4 is 9.80 Å². The molecule has 0 amide bonds. The van der Waals surface area contributed by atoms with E-state index < -0.39 is 11.6 Å². The molecule has 0 spiro atoms. The van der Waals surface area contributed by atoms with E-state index in [9.17, 15) is 8.78 Å². The SMILES string of the molecule is Fc1cncc(F)c1CN1CCN(c2nccc(N3CCCCC3)n2)CC1. The number of nitrogens with zero attached hydrogens (tertiary/aromatic N) is 6. The van der Waals surface area contributed by atoms with E-state index >= 15 is 0 Å². The van der Waals surface area contributed by atoms with Crippen LogP contribution in [-0.4, -0.2) is 59.1 Å². The number of halogens is 2. The summed E-state index contributed by atoms with van der Waals surface area (Å²) in [7, 11) is 0. The Morgan fingerprint density at radius 1 is 0.852 bits per heavy atom. The van der Waals surface area contributed by atoms with Gasteiger partial charge in [-0.3, -0.25) is 9.88 Å². The Morgan fingerprint density at radius 2 is 1.56 bits per heavy atom. The fraction of sp³-hybridized carbons (Fsp3) is 0.526. The van der Waals surface area contributed by atoms with Crippen LogP contribution in [0.2, 0.25) is 0 Å². The van der Waals surface area contributed by atoms with E-state index in [1.54, 1.807) is 0 Å². The van der Waals surface area contributed by atoms with Gasteiger partial charge in [-0.1, -0.05) is 0 Å². The van der Waals surface area contributed by atoms with Gasteiger partial charge in [0.1, 0.15) is 17.5 Å². The molecule has 0 aromatic carbocycles. The molecule has 4 heterocycles. The van der Waals surface area contributed by atoms with Crippen LogP contribution in [0.5, 0.6) is 0 Å². The normalized spacial score (nSPS) is 18.7. The maximum atomic E-state index is 13.8. The molecule has 2 aliphatic heterocycles. The van der Waals surface area contributed by atoms with E-state index in [2.05, 4.69) is 19.8 Å². The molecule has 2 aromatic rings. The fourth-order valence-electron chi connectivity index (χ4n) is 3.71. The summed E-state index contributed by atoms with van der Waals surface area (Å²) in [6.07, 6.45) is 7.65. The lowest BCUT2D eigenvalue weighted by Gasteiger charge is -2.35. The van der Waals surface area contributed by atoms with Crippen molar-refractivity contribution in [2.24, 2.45) is 0 Å². The van der Waals surface area contributed by atoms with Gasteiger partial charge in [-0.25, -0.2) is 13.8 Å². The summed E-state index contributed by atoms with van der Waals surface area (Å²) in [5, 5.41) is 0. The maximum absolute atomic E-state index is 13.8. The number of aromatic nitrogens is 3. The Labute approximate surface area is 157 Å². The van der Waals surface area contributed by atoms with Gasteiger partial charge in [-0.05, 0) is 25.3 Å². The zero-order chi connectivity index (χ0) is 18.6. The number of pyridine rings is 1. The second kappa shape index (κ2) is 8.12. The summed E-state index contributed by atoms with van der Waals surface area (Å²) in [5.41, 5.74) is 0.0850. The van der Waals surface area contributed by atoms with E-state index in [4.69, 9.17) is 4.98 Å². The Kier molecular flexibility index (Phi) is 5.42. The molecular formula is C19H24F2N6. The molecular weight excluding hydrogens is 350 g/mol. The first-order valence-corrected chi connectivity index (χ1v) is 9.54. The van der Waals surface area contributed by atoms with Crippen molar-refractivity contribution in [1.82, 2.24) is 19.9 Å². The van der Waals surface area contributed by atoms with Crippen molar-refractivity contribution >= 4 is 11.8 Å². The average molecular weight is 374 g/mol. The quantitative estimate of drug-likeness (QED) is 0.819. The highest BCUT2D eigenvalue weighted by molar-refractivity contribution is 5.44. The number of anilines is 2. The van der Waals surface area contributed by atoms with Gasteiger partial charge in [0.25, 0.3) is 0 Å². The topological polar surface area (TPSA) is 48.4 Å². The predicted molar refractivity (Wildman–Crippen MR) is 99.7 cm³/mol. The third-order valence-corrected chi connectivity index (χ3v) is 5.30. The molecule has 144 valence electrons. The van der Waals surface area contributed by atoms with E-state index in [1.165, 1.54) is 19.3 Å².